The number of piperidine rings is 1. The average molecular weight is 586 g/mol. The number of hydrogen-bond donors (Lipinski definition) is 0. The molecule has 1 saturated heterocycles. The van der Waals surface area contributed by atoms with E-state index >= 15 is 0 Å². The molecule has 2 fully saturated rings. The van der Waals surface area contributed by atoms with E-state index in [1.54, 1.807) is 12.1 Å². The van der Waals surface area contributed by atoms with Crippen LogP contribution < -0.4 is 0 Å². The number of halogens is 1. The summed E-state index contributed by atoms with van der Waals surface area (Å²) in [4.78, 5) is 32.7. The van der Waals surface area contributed by atoms with Crippen LogP contribution in [-0.2, 0) is 11.3 Å². The smallest absolute Gasteiger partial charge is 0.410 e. The van der Waals surface area contributed by atoms with Crippen molar-refractivity contribution in [2.24, 2.45) is 5.92 Å². The van der Waals surface area contributed by atoms with E-state index in [0.717, 1.165) is 62.9 Å². The van der Waals surface area contributed by atoms with Crippen molar-refractivity contribution in [3.05, 3.63) is 107 Å². The fourth-order valence-electron chi connectivity index (χ4n) is 6.89. The molecule has 3 aromatic carbocycles. The van der Waals surface area contributed by atoms with E-state index in [0.29, 0.717) is 18.4 Å². The molecule has 3 unspecified atom stereocenters. The van der Waals surface area contributed by atoms with Crippen molar-refractivity contribution in [3.63, 3.8) is 0 Å². The number of nitrogens with zero attached hydrogens (tertiary/aromatic N) is 3. The van der Waals surface area contributed by atoms with Crippen LogP contribution in [-0.4, -0.2) is 72.0 Å². The third-order valence-corrected chi connectivity index (χ3v) is 9.25. The van der Waals surface area contributed by atoms with E-state index in [4.69, 9.17) is 4.74 Å². The van der Waals surface area contributed by atoms with Crippen LogP contribution in [0.25, 0.3) is 0 Å². The number of hydrogen-bond acceptors (Lipinski definition) is 4. The molecule has 0 aromatic heterocycles. The highest BCUT2D eigenvalue weighted by molar-refractivity contribution is 5.94. The van der Waals surface area contributed by atoms with Gasteiger partial charge in [0, 0.05) is 50.9 Å². The maximum absolute atomic E-state index is 13.3. The fourth-order valence-corrected chi connectivity index (χ4v) is 6.89. The first-order valence-corrected chi connectivity index (χ1v) is 15.7. The molecule has 43 heavy (non-hydrogen) atoms. The van der Waals surface area contributed by atoms with Gasteiger partial charge in [-0.05, 0) is 79.3 Å². The summed E-state index contributed by atoms with van der Waals surface area (Å²) < 4.78 is 18.9. The molecule has 0 spiro atoms. The van der Waals surface area contributed by atoms with Crippen LogP contribution in [0.3, 0.4) is 0 Å². The van der Waals surface area contributed by atoms with Crippen LogP contribution in [0.5, 0.6) is 0 Å². The lowest BCUT2D eigenvalue weighted by atomic mass is 9.88. The van der Waals surface area contributed by atoms with Crippen molar-refractivity contribution in [2.75, 3.05) is 33.2 Å². The molecule has 2 amide bonds. The van der Waals surface area contributed by atoms with E-state index in [9.17, 15) is 14.0 Å². The van der Waals surface area contributed by atoms with Crippen molar-refractivity contribution >= 4 is 12.0 Å². The molecule has 0 N–H and O–H groups in total. The van der Waals surface area contributed by atoms with Crippen molar-refractivity contribution in [1.82, 2.24) is 14.7 Å². The second kappa shape index (κ2) is 14.6. The Balaban J connectivity index is 1.19. The number of amides is 2. The zero-order chi connectivity index (χ0) is 30.2. The lowest BCUT2D eigenvalue weighted by Gasteiger charge is -2.39. The molecule has 1 aliphatic carbocycles. The van der Waals surface area contributed by atoms with Gasteiger partial charge in [-0.1, -0.05) is 67.6 Å². The molecular formula is C36H44FN3O3. The van der Waals surface area contributed by atoms with Gasteiger partial charge in [-0.25, -0.2) is 9.18 Å². The predicted molar refractivity (Wildman–Crippen MR) is 167 cm³/mol. The van der Waals surface area contributed by atoms with Crippen LogP contribution in [0.15, 0.2) is 84.9 Å². The predicted octanol–water partition coefficient (Wildman–Crippen LogP) is 6.97. The number of ether oxygens (including phenoxy) is 1. The topological polar surface area (TPSA) is 53.1 Å². The summed E-state index contributed by atoms with van der Waals surface area (Å²) in [6.45, 7) is 5.72. The maximum Gasteiger partial charge on any atom is 0.410 e. The van der Waals surface area contributed by atoms with Gasteiger partial charge in [0.25, 0.3) is 5.91 Å². The van der Waals surface area contributed by atoms with Gasteiger partial charge in [-0.3, -0.25) is 4.79 Å². The quantitative estimate of drug-likeness (QED) is 0.258. The van der Waals surface area contributed by atoms with Crippen LogP contribution in [0.1, 0.15) is 66.4 Å². The molecule has 2 aliphatic rings. The Kier molecular flexibility index (Phi) is 10.5. The Bertz CT molecular complexity index is 1310. The van der Waals surface area contributed by atoms with Crippen molar-refractivity contribution in [2.45, 2.75) is 63.6 Å². The molecule has 3 aromatic rings. The van der Waals surface area contributed by atoms with E-state index in [1.165, 1.54) is 17.7 Å². The minimum Gasteiger partial charge on any atom is -0.445 e. The molecule has 1 heterocycles. The van der Waals surface area contributed by atoms with Crippen molar-refractivity contribution < 1.29 is 18.7 Å². The van der Waals surface area contributed by atoms with Crippen molar-refractivity contribution in [1.29, 1.82) is 0 Å². The summed E-state index contributed by atoms with van der Waals surface area (Å²) in [5.74, 6) is 0.627. The zero-order valence-corrected chi connectivity index (χ0v) is 25.4. The summed E-state index contributed by atoms with van der Waals surface area (Å²) in [7, 11) is 1.95. The number of carbonyl (C=O) groups is 2. The molecule has 228 valence electrons. The third kappa shape index (κ3) is 7.82. The highest BCUT2D eigenvalue weighted by Crippen LogP contribution is 2.42. The lowest BCUT2D eigenvalue weighted by Crippen LogP contribution is -2.48. The average Bonchev–Trinajstić information content (AvgIpc) is 3.47. The summed E-state index contributed by atoms with van der Waals surface area (Å²) in [6, 6.07) is 26.7. The number of carbonyl (C=O) groups excluding carboxylic acids is 2. The first kappa shape index (κ1) is 30.7. The summed E-state index contributed by atoms with van der Waals surface area (Å²) in [6.07, 6.45) is 4.33. The summed E-state index contributed by atoms with van der Waals surface area (Å²) in [5.41, 5.74) is 2.86. The van der Waals surface area contributed by atoms with E-state index in [1.807, 2.05) is 47.2 Å². The first-order valence-electron chi connectivity index (χ1n) is 15.7. The molecule has 5 rings (SSSR count). The minimum absolute atomic E-state index is 0.0844. The standard InChI is InChI=1S/C36H44FN3O3/c1-3-20-40(36(42)43-26-27-14-16-31(37)17-15-27)32-18-21-39(22-19-32)25-30-23-33(24-34(30)28-10-6-4-7-11-28)38(2)35(41)29-12-8-5-9-13-29/h4-17,30,32-34H,3,18-26H2,1-2H3. The highest BCUT2D eigenvalue weighted by atomic mass is 19.1. The summed E-state index contributed by atoms with van der Waals surface area (Å²) >= 11 is 0. The molecule has 0 radical (unpaired) electrons. The third-order valence-electron chi connectivity index (χ3n) is 9.25. The summed E-state index contributed by atoms with van der Waals surface area (Å²) in [5, 5.41) is 0. The maximum atomic E-state index is 13.3. The zero-order valence-electron chi connectivity index (χ0n) is 25.4. The van der Waals surface area contributed by atoms with Crippen LogP contribution in [0.4, 0.5) is 9.18 Å². The number of benzene rings is 3. The minimum atomic E-state index is -0.301. The van der Waals surface area contributed by atoms with Gasteiger partial charge < -0.3 is 19.4 Å². The molecular weight excluding hydrogens is 541 g/mol. The first-order chi connectivity index (χ1) is 20.9. The molecule has 6 nitrogen and oxygen atoms in total. The molecule has 0 bridgehead atoms. The van der Waals surface area contributed by atoms with Gasteiger partial charge in [0.2, 0.25) is 0 Å². The van der Waals surface area contributed by atoms with E-state index < -0.39 is 0 Å². The second-order valence-corrected chi connectivity index (χ2v) is 12.1. The Morgan fingerprint density at radius 1 is 0.884 bits per heavy atom. The van der Waals surface area contributed by atoms with Crippen LogP contribution in [0.2, 0.25) is 0 Å². The van der Waals surface area contributed by atoms with Gasteiger partial charge in [-0.15, -0.1) is 0 Å². The Morgan fingerprint density at radius 2 is 1.53 bits per heavy atom. The van der Waals surface area contributed by atoms with Gasteiger partial charge in [0.1, 0.15) is 12.4 Å². The fraction of sp³-hybridized carbons (Fsp3) is 0.444. The van der Waals surface area contributed by atoms with Gasteiger partial charge >= 0.3 is 6.09 Å². The largest absolute Gasteiger partial charge is 0.445 e. The normalized spacial score (nSPS) is 21.0. The molecule has 1 saturated carbocycles. The molecule has 1 aliphatic heterocycles. The highest BCUT2D eigenvalue weighted by Gasteiger charge is 2.40. The Labute approximate surface area is 255 Å². The van der Waals surface area contributed by atoms with Crippen LogP contribution >= 0.6 is 0 Å². The van der Waals surface area contributed by atoms with Gasteiger partial charge in [-0.2, -0.15) is 0 Å². The van der Waals surface area contributed by atoms with Crippen LogP contribution in [0, 0.1) is 11.7 Å². The molecule has 3 atom stereocenters. The van der Waals surface area contributed by atoms with E-state index in [2.05, 4.69) is 42.2 Å². The van der Waals surface area contributed by atoms with Gasteiger partial charge in [0.15, 0.2) is 0 Å². The lowest BCUT2D eigenvalue weighted by molar-refractivity contribution is 0.0572. The van der Waals surface area contributed by atoms with Gasteiger partial charge in [0.05, 0.1) is 0 Å². The number of rotatable bonds is 10. The Hall–Kier alpha value is -3.71. The Morgan fingerprint density at radius 3 is 2.19 bits per heavy atom. The van der Waals surface area contributed by atoms with E-state index in [-0.39, 0.29) is 36.5 Å². The second-order valence-electron chi connectivity index (χ2n) is 12.1. The van der Waals surface area contributed by atoms with Crippen molar-refractivity contribution in [3.8, 4) is 0 Å². The molecule has 7 heteroatoms. The SMILES string of the molecule is CCCN(C(=O)OCc1ccc(F)cc1)C1CCN(CC2CC(N(C)C(=O)c3ccccc3)CC2c2ccccc2)CC1. The number of likely N-dealkylation sites (tertiary alicyclic amines) is 1. The monoisotopic (exact) mass is 585 g/mol.